The van der Waals surface area contributed by atoms with E-state index in [0.29, 0.717) is 0 Å². The first kappa shape index (κ1) is 23.8. The predicted octanol–water partition coefficient (Wildman–Crippen LogP) is 6.23. The monoisotopic (exact) mass is 475 g/mol. The summed E-state index contributed by atoms with van der Waals surface area (Å²) >= 11 is 0. The first-order chi connectivity index (χ1) is 17.6. The number of carbonyl (C=O) groups excluding carboxylic acids is 1. The van der Waals surface area contributed by atoms with Gasteiger partial charge in [-0.1, -0.05) is 90.5 Å². The first-order valence-electron chi connectivity index (χ1n) is 12.7. The van der Waals surface area contributed by atoms with Gasteiger partial charge in [0.25, 0.3) is 5.91 Å². The summed E-state index contributed by atoms with van der Waals surface area (Å²) in [7, 11) is 0. The second-order valence-electron chi connectivity index (χ2n) is 9.47. The Labute approximate surface area is 214 Å². The number of benzene rings is 3. The molecule has 0 radical (unpaired) electrons. The van der Waals surface area contributed by atoms with Gasteiger partial charge in [0, 0.05) is 44.1 Å². The standard InChI is InChI=1S/C32H33N3O/c1-25-15-17-29(18-16-25)35-26(2)30(24-31(35)28-13-7-4-8-14-28)32(36)34-22-20-33(21-23-34)19-9-12-27-10-5-3-6-11-27/h3-18,24H,19-23H2,1-2H3/b12-9+. The lowest BCUT2D eigenvalue weighted by Gasteiger charge is -2.34. The maximum Gasteiger partial charge on any atom is 0.255 e. The van der Waals surface area contributed by atoms with Gasteiger partial charge in [-0.15, -0.1) is 0 Å². The topological polar surface area (TPSA) is 28.5 Å². The van der Waals surface area contributed by atoms with Crippen molar-refractivity contribution in [1.82, 2.24) is 14.4 Å². The van der Waals surface area contributed by atoms with Crippen molar-refractivity contribution in [3.05, 3.63) is 119 Å². The van der Waals surface area contributed by atoms with Crippen molar-refractivity contribution in [2.75, 3.05) is 32.7 Å². The third kappa shape index (κ3) is 5.19. The maximum atomic E-state index is 13.7. The zero-order valence-electron chi connectivity index (χ0n) is 21.1. The number of hydrogen-bond donors (Lipinski definition) is 0. The van der Waals surface area contributed by atoms with Crippen LogP contribution in [-0.2, 0) is 0 Å². The summed E-state index contributed by atoms with van der Waals surface area (Å²) in [5, 5.41) is 0. The number of amides is 1. The van der Waals surface area contributed by atoms with Crippen molar-refractivity contribution in [3.63, 3.8) is 0 Å². The highest BCUT2D eigenvalue weighted by molar-refractivity contribution is 5.97. The number of hydrogen-bond acceptors (Lipinski definition) is 2. The number of aromatic nitrogens is 1. The van der Waals surface area contributed by atoms with Crippen LogP contribution in [0.5, 0.6) is 0 Å². The zero-order valence-corrected chi connectivity index (χ0v) is 21.1. The Hall–Kier alpha value is -3.89. The van der Waals surface area contributed by atoms with Gasteiger partial charge in [0.1, 0.15) is 0 Å². The van der Waals surface area contributed by atoms with Crippen LogP contribution in [0.15, 0.2) is 97.1 Å². The molecule has 182 valence electrons. The number of carbonyl (C=O) groups is 1. The minimum atomic E-state index is 0.120. The highest BCUT2D eigenvalue weighted by Crippen LogP contribution is 2.30. The van der Waals surface area contributed by atoms with Crippen molar-refractivity contribution in [2.24, 2.45) is 0 Å². The van der Waals surface area contributed by atoms with Gasteiger partial charge in [-0.05, 0) is 43.2 Å². The summed E-state index contributed by atoms with van der Waals surface area (Å²) in [6.45, 7) is 8.31. The highest BCUT2D eigenvalue weighted by atomic mass is 16.2. The second-order valence-corrected chi connectivity index (χ2v) is 9.47. The molecule has 2 heterocycles. The van der Waals surface area contributed by atoms with Crippen LogP contribution < -0.4 is 0 Å². The fourth-order valence-electron chi connectivity index (χ4n) is 4.88. The Bertz CT molecular complexity index is 1330. The van der Waals surface area contributed by atoms with Crippen molar-refractivity contribution in [1.29, 1.82) is 0 Å². The van der Waals surface area contributed by atoms with Gasteiger partial charge in [0.15, 0.2) is 0 Å². The van der Waals surface area contributed by atoms with Crippen LogP contribution in [0.25, 0.3) is 23.0 Å². The lowest BCUT2D eigenvalue weighted by molar-refractivity contribution is 0.0649. The molecule has 4 heteroatoms. The number of piperazine rings is 1. The summed E-state index contributed by atoms with van der Waals surface area (Å²) in [6, 6.07) is 31.3. The molecule has 0 bridgehead atoms. The van der Waals surface area contributed by atoms with E-state index in [0.717, 1.165) is 60.9 Å². The van der Waals surface area contributed by atoms with Gasteiger partial charge < -0.3 is 9.47 Å². The lowest BCUT2D eigenvalue weighted by atomic mass is 10.1. The quantitative estimate of drug-likeness (QED) is 0.331. The first-order valence-corrected chi connectivity index (χ1v) is 12.7. The third-order valence-electron chi connectivity index (χ3n) is 6.97. The molecule has 0 spiro atoms. The molecule has 0 N–H and O–H groups in total. The SMILES string of the molecule is Cc1ccc(-n2c(-c3ccccc3)cc(C(=O)N3CCN(C/C=C/c4ccccc4)CC3)c2C)cc1. The summed E-state index contributed by atoms with van der Waals surface area (Å²) in [5.74, 6) is 0.120. The van der Waals surface area contributed by atoms with Crippen LogP contribution in [-0.4, -0.2) is 53.0 Å². The van der Waals surface area contributed by atoms with E-state index in [1.807, 2.05) is 29.2 Å². The van der Waals surface area contributed by atoms with Crippen LogP contribution in [0.4, 0.5) is 0 Å². The number of nitrogens with zero attached hydrogens (tertiary/aromatic N) is 3. The average molecular weight is 476 g/mol. The maximum absolute atomic E-state index is 13.7. The molecule has 1 fully saturated rings. The van der Waals surface area contributed by atoms with E-state index in [1.54, 1.807) is 0 Å². The van der Waals surface area contributed by atoms with Crippen molar-refractivity contribution in [3.8, 4) is 16.9 Å². The van der Waals surface area contributed by atoms with Gasteiger partial charge in [-0.25, -0.2) is 0 Å². The Morgan fingerprint density at radius 3 is 2.11 bits per heavy atom. The van der Waals surface area contributed by atoms with E-state index in [4.69, 9.17) is 0 Å². The molecule has 0 aliphatic carbocycles. The minimum absolute atomic E-state index is 0.120. The van der Waals surface area contributed by atoms with E-state index in [-0.39, 0.29) is 5.91 Å². The molecule has 0 atom stereocenters. The molecule has 4 nitrogen and oxygen atoms in total. The van der Waals surface area contributed by atoms with Gasteiger partial charge in [-0.2, -0.15) is 0 Å². The minimum Gasteiger partial charge on any atom is -0.336 e. The van der Waals surface area contributed by atoms with Gasteiger partial charge in [-0.3, -0.25) is 9.69 Å². The van der Waals surface area contributed by atoms with Gasteiger partial charge >= 0.3 is 0 Å². The van der Waals surface area contributed by atoms with Crippen molar-refractivity contribution < 1.29 is 4.79 Å². The molecular weight excluding hydrogens is 442 g/mol. The number of rotatable bonds is 6. The van der Waals surface area contributed by atoms with Crippen LogP contribution >= 0.6 is 0 Å². The molecule has 3 aromatic carbocycles. The smallest absolute Gasteiger partial charge is 0.255 e. The Balaban J connectivity index is 1.33. The Kier molecular flexibility index (Phi) is 7.15. The zero-order chi connectivity index (χ0) is 24.9. The fourth-order valence-corrected chi connectivity index (χ4v) is 4.88. The molecule has 0 saturated carbocycles. The van der Waals surface area contributed by atoms with Crippen molar-refractivity contribution >= 4 is 12.0 Å². The van der Waals surface area contributed by atoms with E-state index >= 15 is 0 Å². The van der Waals surface area contributed by atoms with Gasteiger partial charge in [0.2, 0.25) is 0 Å². The normalized spacial score (nSPS) is 14.4. The van der Waals surface area contributed by atoms with Gasteiger partial charge in [0.05, 0.1) is 11.3 Å². The third-order valence-corrected chi connectivity index (χ3v) is 6.97. The van der Waals surface area contributed by atoms with Crippen molar-refractivity contribution in [2.45, 2.75) is 13.8 Å². The van der Waals surface area contributed by atoms with E-state index in [2.05, 4.69) is 102 Å². The summed E-state index contributed by atoms with van der Waals surface area (Å²) in [6.07, 6.45) is 4.38. The molecule has 1 aromatic heterocycles. The van der Waals surface area contributed by atoms with E-state index in [1.165, 1.54) is 11.1 Å². The van der Waals surface area contributed by atoms with Crippen LogP contribution in [0.3, 0.4) is 0 Å². The molecule has 0 unspecified atom stereocenters. The van der Waals surface area contributed by atoms with E-state index in [9.17, 15) is 4.79 Å². The molecule has 5 rings (SSSR count). The fraction of sp³-hybridized carbons (Fsp3) is 0.219. The van der Waals surface area contributed by atoms with Crippen LogP contribution in [0.1, 0.15) is 27.2 Å². The summed E-state index contributed by atoms with van der Waals surface area (Å²) in [5.41, 5.74) is 7.43. The molecule has 4 aromatic rings. The average Bonchev–Trinajstić information content (AvgIpc) is 3.27. The molecule has 1 saturated heterocycles. The van der Waals surface area contributed by atoms with Crippen LogP contribution in [0.2, 0.25) is 0 Å². The van der Waals surface area contributed by atoms with Crippen LogP contribution in [0, 0.1) is 13.8 Å². The number of aryl methyl sites for hydroxylation is 1. The largest absolute Gasteiger partial charge is 0.336 e. The second kappa shape index (κ2) is 10.8. The predicted molar refractivity (Wildman–Crippen MR) is 148 cm³/mol. The Morgan fingerprint density at radius 2 is 1.44 bits per heavy atom. The molecular formula is C32H33N3O. The molecule has 1 aliphatic rings. The highest BCUT2D eigenvalue weighted by Gasteiger charge is 2.26. The summed E-state index contributed by atoms with van der Waals surface area (Å²) < 4.78 is 2.21. The summed E-state index contributed by atoms with van der Waals surface area (Å²) in [4.78, 5) is 18.1. The lowest BCUT2D eigenvalue weighted by Crippen LogP contribution is -2.48. The Morgan fingerprint density at radius 1 is 0.806 bits per heavy atom. The van der Waals surface area contributed by atoms with E-state index < -0.39 is 0 Å². The molecule has 36 heavy (non-hydrogen) atoms. The molecule has 1 aliphatic heterocycles. The molecule has 1 amide bonds.